The molecular weight excluding hydrogens is 490 g/mol. The largest absolute Gasteiger partial charge is 0.616 e. The van der Waals surface area contributed by atoms with Crippen molar-refractivity contribution < 1.29 is 23.6 Å². The molecule has 3 aromatic rings. The Bertz CT molecular complexity index is 1300. The predicted molar refractivity (Wildman–Crippen MR) is 148 cm³/mol. The summed E-state index contributed by atoms with van der Waals surface area (Å²) >= 11 is -0.685. The second kappa shape index (κ2) is 11.1. The Morgan fingerprint density at radius 2 is 1.81 bits per heavy atom. The van der Waals surface area contributed by atoms with Crippen LogP contribution in [0.5, 0.6) is 5.75 Å². The molecule has 1 aromatic heterocycles. The molecule has 0 saturated carbocycles. The zero-order valence-corrected chi connectivity index (χ0v) is 22.9. The van der Waals surface area contributed by atoms with Gasteiger partial charge in [0.05, 0.1) is 25.1 Å². The van der Waals surface area contributed by atoms with Crippen molar-refractivity contribution in [3.63, 3.8) is 0 Å². The lowest BCUT2D eigenvalue weighted by atomic mass is 9.92. The second-order valence-corrected chi connectivity index (χ2v) is 12.1. The van der Waals surface area contributed by atoms with Crippen LogP contribution in [0.3, 0.4) is 0 Å². The van der Waals surface area contributed by atoms with Gasteiger partial charge in [0, 0.05) is 34.8 Å². The Hall–Kier alpha value is -3.17. The minimum atomic E-state index is -0.685. The zero-order chi connectivity index (χ0) is 26.7. The Labute approximate surface area is 220 Å². The molecule has 0 bridgehead atoms. The Kier molecular flexibility index (Phi) is 8.04. The lowest BCUT2D eigenvalue weighted by Gasteiger charge is -2.19. The highest BCUT2D eigenvalue weighted by atomic mass is 32.2. The third kappa shape index (κ3) is 6.05. The number of hydrogen-bond donors (Lipinski definition) is 2. The number of esters is 1. The standard InChI is InChI=1S/C28H35N3O5S/c1-28(2,3)24-16-22(25(31(24)4)26(32)35-5)30-27(33)29-21-10-11-23(20-9-7-6-8-19(20)21)36-14-12-18-13-15-37(34)17-18/h6-11,16,18H,12-15,17H2,1-5H3,(H2,29,30,33). The number of urea groups is 1. The maximum Gasteiger partial charge on any atom is 0.356 e. The molecule has 1 saturated heterocycles. The molecule has 198 valence electrons. The Balaban J connectivity index is 1.51. The average molecular weight is 526 g/mol. The summed E-state index contributed by atoms with van der Waals surface area (Å²) < 4.78 is 24.5. The molecule has 0 spiro atoms. The first kappa shape index (κ1) is 26.9. The van der Waals surface area contributed by atoms with Crippen LogP contribution in [0.1, 0.15) is 49.8 Å². The number of fused-ring (bicyclic) bond motifs is 1. The van der Waals surface area contributed by atoms with Gasteiger partial charge in [-0.2, -0.15) is 0 Å². The molecule has 2 heterocycles. The normalized spacial score (nSPS) is 17.6. The van der Waals surface area contributed by atoms with E-state index in [4.69, 9.17) is 9.47 Å². The summed E-state index contributed by atoms with van der Waals surface area (Å²) in [5.41, 5.74) is 1.93. The molecule has 4 rings (SSSR count). The highest BCUT2D eigenvalue weighted by Gasteiger charge is 2.28. The number of hydrogen-bond acceptors (Lipinski definition) is 5. The fourth-order valence-corrected chi connectivity index (χ4v) is 6.46. The topological polar surface area (TPSA) is 105 Å². The zero-order valence-electron chi connectivity index (χ0n) is 22.1. The van der Waals surface area contributed by atoms with Gasteiger partial charge in [0.1, 0.15) is 17.3 Å². The summed E-state index contributed by atoms with van der Waals surface area (Å²) in [6.07, 6.45) is 1.86. The van der Waals surface area contributed by atoms with Gasteiger partial charge in [-0.25, -0.2) is 9.59 Å². The number of anilines is 2. The molecule has 1 aliphatic rings. The molecule has 37 heavy (non-hydrogen) atoms. The van der Waals surface area contributed by atoms with E-state index in [1.54, 1.807) is 17.7 Å². The van der Waals surface area contributed by atoms with Gasteiger partial charge in [-0.1, -0.05) is 56.2 Å². The van der Waals surface area contributed by atoms with Gasteiger partial charge >= 0.3 is 12.0 Å². The van der Waals surface area contributed by atoms with E-state index in [0.717, 1.165) is 46.6 Å². The SMILES string of the molecule is COC(=O)c1c(NC(=O)Nc2ccc(OCCC3CC[S+]([O-])C3)c3ccccc23)cc(C(C)(C)C)n1C. The van der Waals surface area contributed by atoms with Crippen molar-refractivity contribution in [2.24, 2.45) is 13.0 Å². The predicted octanol–water partition coefficient (Wildman–Crippen LogP) is 5.44. The van der Waals surface area contributed by atoms with Crippen molar-refractivity contribution in [3.05, 3.63) is 53.9 Å². The highest BCUT2D eigenvalue weighted by Crippen LogP contribution is 2.33. The van der Waals surface area contributed by atoms with Gasteiger partial charge in [0.15, 0.2) is 5.69 Å². The van der Waals surface area contributed by atoms with Gasteiger partial charge in [-0.3, -0.25) is 0 Å². The van der Waals surface area contributed by atoms with Crippen LogP contribution in [0.15, 0.2) is 42.5 Å². The fraction of sp³-hybridized carbons (Fsp3) is 0.429. The van der Waals surface area contributed by atoms with E-state index in [1.807, 2.05) is 57.2 Å². The first-order valence-electron chi connectivity index (χ1n) is 12.4. The molecule has 2 N–H and O–H groups in total. The quantitative estimate of drug-likeness (QED) is 0.316. The first-order chi connectivity index (χ1) is 17.6. The number of nitrogens with zero attached hydrogens (tertiary/aromatic N) is 1. The molecule has 1 fully saturated rings. The van der Waals surface area contributed by atoms with Crippen molar-refractivity contribution in [2.75, 3.05) is 35.9 Å². The number of rotatable bonds is 7. The van der Waals surface area contributed by atoms with Crippen molar-refractivity contribution in [3.8, 4) is 5.75 Å². The maximum absolute atomic E-state index is 13.0. The number of carbonyl (C=O) groups is 2. The number of nitrogens with one attached hydrogen (secondary N) is 2. The summed E-state index contributed by atoms with van der Waals surface area (Å²) in [5, 5.41) is 7.48. The van der Waals surface area contributed by atoms with Crippen LogP contribution in [0.4, 0.5) is 16.2 Å². The van der Waals surface area contributed by atoms with Crippen LogP contribution in [0.25, 0.3) is 10.8 Å². The van der Waals surface area contributed by atoms with E-state index in [-0.39, 0.29) is 11.1 Å². The summed E-state index contributed by atoms with van der Waals surface area (Å²) in [5.74, 6) is 2.22. The number of carbonyl (C=O) groups excluding carboxylic acids is 2. The highest BCUT2D eigenvalue weighted by molar-refractivity contribution is 7.91. The summed E-state index contributed by atoms with van der Waals surface area (Å²) in [6.45, 7) is 6.67. The number of ether oxygens (including phenoxy) is 2. The van der Waals surface area contributed by atoms with Crippen molar-refractivity contribution in [1.29, 1.82) is 0 Å². The van der Waals surface area contributed by atoms with Crippen molar-refractivity contribution >= 4 is 45.3 Å². The number of benzene rings is 2. The van der Waals surface area contributed by atoms with Gasteiger partial charge in [-0.05, 0) is 31.0 Å². The van der Waals surface area contributed by atoms with Crippen molar-refractivity contribution in [2.45, 2.75) is 39.0 Å². The van der Waals surface area contributed by atoms with E-state index >= 15 is 0 Å². The van der Waals surface area contributed by atoms with Crippen LogP contribution in [-0.4, -0.2) is 46.3 Å². The molecule has 1 aliphatic heterocycles. The molecule has 9 heteroatoms. The van der Waals surface area contributed by atoms with Gasteiger partial charge in [0.25, 0.3) is 0 Å². The Morgan fingerprint density at radius 3 is 2.46 bits per heavy atom. The molecule has 2 amide bonds. The molecular formula is C28H35N3O5S. The van der Waals surface area contributed by atoms with E-state index in [0.29, 0.717) is 23.9 Å². The van der Waals surface area contributed by atoms with E-state index in [9.17, 15) is 14.1 Å². The van der Waals surface area contributed by atoms with Gasteiger partial charge in [-0.15, -0.1) is 0 Å². The van der Waals surface area contributed by atoms with Gasteiger partial charge < -0.3 is 29.2 Å². The minimum absolute atomic E-state index is 0.241. The number of aromatic nitrogens is 1. The summed E-state index contributed by atoms with van der Waals surface area (Å²) in [4.78, 5) is 25.5. The second-order valence-electron chi connectivity index (χ2n) is 10.4. The molecule has 8 nitrogen and oxygen atoms in total. The van der Waals surface area contributed by atoms with Crippen LogP contribution in [0.2, 0.25) is 0 Å². The van der Waals surface area contributed by atoms with Gasteiger partial charge in [0.2, 0.25) is 0 Å². The van der Waals surface area contributed by atoms with E-state index < -0.39 is 23.2 Å². The summed E-state index contributed by atoms with van der Waals surface area (Å²) in [6, 6.07) is 12.7. The lowest BCUT2D eigenvalue weighted by Crippen LogP contribution is -2.22. The third-order valence-corrected chi connectivity index (χ3v) is 8.25. The monoisotopic (exact) mass is 525 g/mol. The average Bonchev–Trinajstić information content (AvgIpc) is 3.42. The maximum atomic E-state index is 13.0. The molecule has 2 unspecified atom stereocenters. The lowest BCUT2D eigenvalue weighted by molar-refractivity contribution is 0.0590. The van der Waals surface area contributed by atoms with Crippen LogP contribution >= 0.6 is 0 Å². The third-order valence-electron chi connectivity index (χ3n) is 6.72. The van der Waals surface area contributed by atoms with E-state index in [2.05, 4.69) is 10.6 Å². The summed E-state index contributed by atoms with van der Waals surface area (Å²) in [7, 11) is 3.11. The number of methoxy groups -OCH3 is 1. The van der Waals surface area contributed by atoms with Crippen LogP contribution in [0, 0.1) is 5.92 Å². The van der Waals surface area contributed by atoms with Crippen LogP contribution in [-0.2, 0) is 28.4 Å². The number of amides is 2. The minimum Gasteiger partial charge on any atom is -0.616 e. The smallest absolute Gasteiger partial charge is 0.356 e. The van der Waals surface area contributed by atoms with Crippen molar-refractivity contribution in [1.82, 2.24) is 4.57 Å². The Morgan fingerprint density at radius 1 is 1.11 bits per heavy atom. The fourth-order valence-electron chi connectivity index (χ4n) is 4.83. The van der Waals surface area contributed by atoms with Crippen LogP contribution < -0.4 is 15.4 Å². The first-order valence-corrected chi connectivity index (χ1v) is 13.9. The molecule has 2 atom stereocenters. The van der Waals surface area contributed by atoms with E-state index in [1.165, 1.54) is 7.11 Å². The molecule has 0 aliphatic carbocycles. The molecule has 0 radical (unpaired) electrons. The molecule has 2 aromatic carbocycles.